The van der Waals surface area contributed by atoms with E-state index in [0.717, 1.165) is 5.92 Å². The first-order chi connectivity index (χ1) is 3.95. The molecule has 2 fully saturated rings. The lowest BCUT2D eigenvalue weighted by Gasteiger charge is -2.20. The van der Waals surface area contributed by atoms with Gasteiger partial charge in [0.1, 0.15) is 0 Å². The van der Waals surface area contributed by atoms with Crippen LogP contribution in [0, 0.1) is 5.92 Å². The zero-order valence-electron chi connectivity index (χ0n) is 6.08. The lowest BCUT2D eigenvalue weighted by molar-refractivity contribution is 0.270. The van der Waals surface area contributed by atoms with Crippen LogP contribution in [0.3, 0.4) is 0 Å². The summed E-state index contributed by atoms with van der Waals surface area (Å²) in [7, 11) is 0. The maximum atomic E-state index is 2.59. The SMILES string of the molecule is C1CC2CCN(C1)C2.Cl.Cl. The molecule has 10 heavy (non-hydrogen) atoms. The van der Waals surface area contributed by atoms with Crippen molar-refractivity contribution in [1.82, 2.24) is 4.90 Å². The molecule has 2 unspecified atom stereocenters. The molecule has 3 heteroatoms. The Morgan fingerprint density at radius 3 is 2.40 bits per heavy atom. The van der Waals surface area contributed by atoms with Crippen LogP contribution in [-0.2, 0) is 0 Å². The molecule has 0 amide bonds. The number of hydrogen-bond acceptors (Lipinski definition) is 1. The fourth-order valence-electron chi connectivity index (χ4n) is 1.96. The van der Waals surface area contributed by atoms with E-state index >= 15 is 0 Å². The van der Waals surface area contributed by atoms with Crippen molar-refractivity contribution in [2.24, 2.45) is 5.92 Å². The Hall–Kier alpha value is 0.540. The van der Waals surface area contributed by atoms with Gasteiger partial charge in [0.25, 0.3) is 0 Å². The Kier molecular flexibility index (Phi) is 4.66. The molecule has 2 heterocycles. The number of halogens is 2. The summed E-state index contributed by atoms with van der Waals surface area (Å²) in [4.78, 5) is 2.59. The van der Waals surface area contributed by atoms with Crippen LogP contribution in [0.5, 0.6) is 0 Å². The van der Waals surface area contributed by atoms with E-state index in [1.807, 2.05) is 0 Å². The first-order valence-electron chi connectivity index (χ1n) is 3.67. The summed E-state index contributed by atoms with van der Waals surface area (Å²) in [5.41, 5.74) is 0. The highest BCUT2D eigenvalue weighted by atomic mass is 35.5. The summed E-state index contributed by atoms with van der Waals surface area (Å²) in [6, 6.07) is 0. The molecule has 2 atom stereocenters. The van der Waals surface area contributed by atoms with E-state index < -0.39 is 0 Å². The summed E-state index contributed by atoms with van der Waals surface area (Å²) >= 11 is 0. The van der Waals surface area contributed by atoms with Crippen LogP contribution in [-0.4, -0.2) is 24.5 Å². The van der Waals surface area contributed by atoms with Gasteiger partial charge in [-0.3, -0.25) is 0 Å². The van der Waals surface area contributed by atoms with Crippen molar-refractivity contribution >= 4 is 24.8 Å². The first kappa shape index (κ1) is 10.5. The Labute approximate surface area is 75.0 Å². The van der Waals surface area contributed by atoms with Gasteiger partial charge >= 0.3 is 0 Å². The third-order valence-corrected chi connectivity index (χ3v) is 2.46. The lowest BCUT2D eigenvalue weighted by Crippen LogP contribution is -2.25. The van der Waals surface area contributed by atoms with E-state index in [1.165, 1.54) is 38.9 Å². The minimum atomic E-state index is 0. The normalized spacial score (nSPS) is 36.0. The first-order valence-corrected chi connectivity index (χ1v) is 3.67. The zero-order chi connectivity index (χ0) is 5.40. The van der Waals surface area contributed by atoms with Crippen LogP contribution in [0.4, 0.5) is 0 Å². The van der Waals surface area contributed by atoms with Crippen molar-refractivity contribution in [3.05, 3.63) is 0 Å². The minimum absolute atomic E-state index is 0. The van der Waals surface area contributed by atoms with Crippen LogP contribution >= 0.6 is 24.8 Å². The second-order valence-corrected chi connectivity index (χ2v) is 3.10. The van der Waals surface area contributed by atoms with E-state index in [-0.39, 0.29) is 24.8 Å². The van der Waals surface area contributed by atoms with Gasteiger partial charge in [0.15, 0.2) is 0 Å². The van der Waals surface area contributed by atoms with Gasteiger partial charge in [0, 0.05) is 6.54 Å². The quantitative estimate of drug-likeness (QED) is 0.556. The average Bonchev–Trinajstić information content (AvgIpc) is 2.12. The maximum absolute atomic E-state index is 2.59. The molecule has 2 saturated heterocycles. The molecule has 0 spiro atoms. The van der Waals surface area contributed by atoms with Crippen molar-refractivity contribution in [2.75, 3.05) is 19.6 Å². The standard InChI is InChI=1S/C7H13N.2ClH/c1-2-7-3-5-8(4-1)6-7;;/h7H,1-6H2;2*1H. The second-order valence-electron chi connectivity index (χ2n) is 3.10. The summed E-state index contributed by atoms with van der Waals surface area (Å²) < 4.78 is 0. The summed E-state index contributed by atoms with van der Waals surface area (Å²) in [6.07, 6.45) is 4.46. The molecular weight excluding hydrogens is 169 g/mol. The fraction of sp³-hybridized carbons (Fsp3) is 1.00. The van der Waals surface area contributed by atoms with Crippen LogP contribution in [0.1, 0.15) is 19.3 Å². The maximum Gasteiger partial charge on any atom is 0.00101 e. The zero-order valence-corrected chi connectivity index (χ0v) is 7.72. The molecule has 0 radical (unpaired) electrons. The van der Waals surface area contributed by atoms with Crippen LogP contribution in [0.15, 0.2) is 0 Å². The Morgan fingerprint density at radius 2 is 1.80 bits per heavy atom. The highest BCUT2D eigenvalue weighted by Crippen LogP contribution is 2.25. The predicted molar refractivity (Wildman–Crippen MR) is 48.3 cm³/mol. The van der Waals surface area contributed by atoms with Gasteiger partial charge in [-0.25, -0.2) is 0 Å². The number of hydrogen-bond donors (Lipinski definition) is 0. The molecule has 0 aromatic carbocycles. The topological polar surface area (TPSA) is 3.24 Å². The van der Waals surface area contributed by atoms with E-state index in [9.17, 15) is 0 Å². The van der Waals surface area contributed by atoms with Crippen molar-refractivity contribution in [1.29, 1.82) is 0 Å². The molecule has 2 aliphatic rings. The van der Waals surface area contributed by atoms with Gasteiger partial charge in [-0.2, -0.15) is 0 Å². The molecule has 0 aromatic rings. The summed E-state index contributed by atoms with van der Waals surface area (Å²) in [6.45, 7) is 4.20. The third kappa shape index (κ3) is 2.01. The van der Waals surface area contributed by atoms with E-state index in [0.29, 0.717) is 0 Å². The average molecular weight is 184 g/mol. The molecule has 0 N–H and O–H groups in total. The van der Waals surface area contributed by atoms with Gasteiger partial charge in [-0.1, -0.05) is 0 Å². The Balaban J connectivity index is 0.000000405. The highest BCUT2D eigenvalue weighted by Gasteiger charge is 2.25. The molecule has 0 aromatic heterocycles. The van der Waals surface area contributed by atoms with E-state index in [1.54, 1.807) is 0 Å². The third-order valence-electron chi connectivity index (χ3n) is 2.46. The van der Waals surface area contributed by atoms with Crippen molar-refractivity contribution in [3.63, 3.8) is 0 Å². The lowest BCUT2D eigenvalue weighted by atomic mass is 10.0. The number of piperidine rings is 1. The van der Waals surface area contributed by atoms with Gasteiger partial charge in [-0.05, 0) is 38.3 Å². The molecule has 2 rings (SSSR count). The Bertz CT molecular complexity index is 83.6. The van der Waals surface area contributed by atoms with Crippen LogP contribution in [0.2, 0.25) is 0 Å². The van der Waals surface area contributed by atoms with E-state index in [2.05, 4.69) is 4.90 Å². The van der Waals surface area contributed by atoms with E-state index in [4.69, 9.17) is 0 Å². The van der Waals surface area contributed by atoms with Crippen molar-refractivity contribution < 1.29 is 0 Å². The summed E-state index contributed by atoms with van der Waals surface area (Å²) in [5, 5.41) is 0. The van der Waals surface area contributed by atoms with Crippen molar-refractivity contribution in [3.8, 4) is 0 Å². The fourth-order valence-corrected chi connectivity index (χ4v) is 1.96. The van der Waals surface area contributed by atoms with Gasteiger partial charge in [0.2, 0.25) is 0 Å². The number of rotatable bonds is 0. The number of fused-ring (bicyclic) bond motifs is 2. The number of nitrogens with zero attached hydrogens (tertiary/aromatic N) is 1. The molecule has 1 nitrogen and oxygen atoms in total. The smallest absolute Gasteiger partial charge is 0.00101 e. The van der Waals surface area contributed by atoms with Crippen LogP contribution in [0.25, 0.3) is 0 Å². The molecule has 0 saturated carbocycles. The molecule has 2 bridgehead atoms. The predicted octanol–water partition coefficient (Wildman–Crippen LogP) is 1.95. The van der Waals surface area contributed by atoms with Crippen molar-refractivity contribution in [2.45, 2.75) is 19.3 Å². The van der Waals surface area contributed by atoms with Gasteiger partial charge < -0.3 is 4.90 Å². The minimum Gasteiger partial charge on any atom is -0.303 e. The molecule has 2 aliphatic heterocycles. The molecule has 0 aliphatic carbocycles. The Morgan fingerprint density at radius 1 is 1.00 bits per heavy atom. The van der Waals surface area contributed by atoms with Gasteiger partial charge in [-0.15, -0.1) is 24.8 Å². The van der Waals surface area contributed by atoms with Crippen LogP contribution < -0.4 is 0 Å². The monoisotopic (exact) mass is 183 g/mol. The van der Waals surface area contributed by atoms with Gasteiger partial charge in [0.05, 0.1) is 0 Å². The largest absolute Gasteiger partial charge is 0.303 e. The highest BCUT2D eigenvalue weighted by molar-refractivity contribution is 5.85. The second kappa shape index (κ2) is 4.42. The molecule has 62 valence electrons. The summed E-state index contributed by atoms with van der Waals surface area (Å²) in [5.74, 6) is 1.09. The molecular formula is C7H15Cl2N.